The molecule has 4 aliphatic carbocycles. The van der Waals surface area contributed by atoms with Gasteiger partial charge in [0.1, 0.15) is 130 Å². The van der Waals surface area contributed by atoms with Crippen molar-refractivity contribution < 1.29 is 77.4 Å². The van der Waals surface area contributed by atoms with Crippen molar-refractivity contribution in [3.63, 3.8) is 0 Å². The van der Waals surface area contributed by atoms with Crippen molar-refractivity contribution in [2.45, 2.75) is 196 Å². The lowest BCUT2D eigenvalue weighted by Crippen LogP contribution is -2.35. The number of hydrogen-bond acceptors (Lipinski definition) is 23. The molecule has 8 aromatic heterocycles. The minimum absolute atomic E-state index is 0.163. The van der Waals surface area contributed by atoms with E-state index >= 15 is 0 Å². The molecule has 0 spiro atoms. The fourth-order valence-electron chi connectivity index (χ4n) is 18.5. The van der Waals surface area contributed by atoms with Gasteiger partial charge in [0.15, 0.2) is 17.5 Å². The quantitative estimate of drug-likeness (QED) is 0.0506. The van der Waals surface area contributed by atoms with Crippen LogP contribution in [0.5, 0.6) is 23.0 Å². The summed E-state index contributed by atoms with van der Waals surface area (Å²) < 4.78 is 89.4. The summed E-state index contributed by atoms with van der Waals surface area (Å²) in [7, 11) is 0. The lowest BCUT2D eigenvalue weighted by atomic mass is 9.97. The molecule has 0 unspecified atom stereocenters. The number of nitrogen functional groups attached to an aromatic ring is 2. The molecule has 4 aromatic carbocycles. The highest BCUT2D eigenvalue weighted by molar-refractivity contribution is 9.10. The minimum atomic E-state index is -1.25. The molecule has 0 radical (unpaired) electrons. The van der Waals surface area contributed by atoms with E-state index in [1.165, 1.54) is 24.0 Å². The number of aromatic nitrogens is 9. The van der Waals surface area contributed by atoms with Gasteiger partial charge in [0.25, 0.3) is 0 Å². The number of aryl methyl sites for hydroxylation is 3. The summed E-state index contributed by atoms with van der Waals surface area (Å²) in [6.07, 6.45) is 5.61. The number of aliphatic hydroxyl groups is 8. The number of pyridine rings is 3. The summed E-state index contributed by atoms with van der Waals surface area (Å²) >= 11 is 22.5. The summed E-state index contributed by atoms with van der Waals surface area (Å²) in [5, 5.41) is 103. The number of nitrogens with one attached hydrogen (secondary N) is 4. The third kappa shape index (κ3) is 16.0. The van der Waals surface area contributed by atoms with Crippen LogP contribution in [-0.2, 0) is 51.9 Å². The Morgan fingerprint density at radius 3 is 1.45 bits per heavy atom. The van der Waals surface area contributed by atoms with Gasteiger partial charge in [-0.2, -0.15) is 0 Å². The predicted octanol–water partition coefficient (Wildman–Crippen LogP) is 9.95. The molecule has 35 heteroatoms. The Morgan fingerprint density at radius 2 is 0.876 bits per heavy atom. The van der Waals surface area contributed by atoms with Crippen LogP contribution < -0.4 is 51.7 Å². The zero-order valence-corrected chi connectivity index (χ0v) is 69.7. The Labute approximate surface area is 714 Å². The van der Waals surface area contributed by atoms with Crippen LogP contribution in [0.4, 0.5) is 28.9 Å². The van der Waals surface area contributed by atoms with Crippen molar-refractivity contribution in [2.24, 2.45) is 0 Å². The van der Waals surface area contributed by atoms with E-state index in [0.29, 0.717) is 158 Å². The van der Waals surface area contributed by atoms with E-state index in [-0.39, 0.29) is 29.4 Å². The summed E-state index contributed by atoms with van der Waals surface area (Å²) in [4.78, 5) is 21.7. The number of anilines is 2. The molecule has 12 heterocycles. The number of nitrogens with zero attached hydrogens (tertiary/aromatic N) is 9. The number of rotatable bonds is 12. The summed E-state index contributed by atoms with van der Waals surface area (Å²) in [5.74, 6) is 0.195. The largest absolute Gasteiger partial charge is 0.487 e. The van der Waals surface area contributed by atoms with Crippen LogP contribution in [0.3, 0.4) is 0 Å². The first-order valence-electron chi connectivity index (χ1n) is 40.3. The van der Waals surface area contributed by atoms with Gasteiger partial charge in [-0.25, -0.2) is 42.5 Å². The number of nitrogens with two attached hydrogens (primary N) is 2. The van der Waals surface area contributed by atoms with E-state index in [4.69, 9.17) is 65.2 Å². The minimum Gasteiger partial charge on any atom is -0.487 e. The number of aliphatic hydroxyl groups excluding tert-OH is 8. The van der Waals surface area contributed by atoms with Crippen molar-refractivity contribution in [1.82, 2.24) is 64.5 Å². The van der Waals surface area contributed by atoms with Crippen molar-refractivity contribution in [2.75, 3.05) is 37.6 Å². The Morgan fingerprint density at radius 1 is 0.430 bits per heavy atom. The summed E-state index contributed by atoms with van der Waals surface area (Å²) in [6, 6.07) is 15.0. The normalized spacial score (nSPS) is 26.0. The molecule has 27 nitrogen and oxygen atoms in total. The molecule has 4 fully saturated rings. The van der Waals surface area contributed by atoms with Crippen molar-refractivity contribution in [3.8, 4) is 23.0 Å². The number of benzene rings is 4. The van der Waals surface area contributed by atoms with Crippen molar-refractivity contribution in [3.05, 3.63) is 215 Å². The molecule has 121 heavy (non-hydrogen) atoms. The molecule has 0 amide bonds. The van der Waals surface area contributed by atoms with Gasteiger partial charge in [0, 0.05) is 156 Å². The average Bonchev–Trinajstić information content (AvgIpc) is 1.59. The van der Waals surface area contributed by atoms with Crippen molar-refractivity contribution >= 4 is 106 Å². The maximum atomic E-state index is 14.6. The molecule has 4 saturated carbocycles. The highest BCUT2D eigenvalue weighted by atomic mass is 79.9. The molecule has 12 aromatic rings. The highest BCUT2D eigenvalue weighted by Crippen LogP contribution is 2.46. The first-order chi connectivity index (χ1) is 58.2. The second-order valence-electron chi connectivity index (χ2n) is 32.3. The fourth-order valence-corrected chi connectivity index (χ4v) is 19.9. The van der Waals surface area contributed by atoms with E-state index < -0.39 is 109 Å². The molecular formula is C86H91BrCl3F4N15O12. The summed E-state index contributed by atoms with van der Waals surface area (Å²) in [5.41, 5.74) is 24.1. The smallest absolute Gasteiger partial charge is 0.162 e. The number of ether oxygens (including phenoxy) is 4. The Bertz CT molecular complexity index is 5770. The first-order valence-corrected chi connectivity index (χ1v) is 42.2. The number of hydrogen-bond donors (Lipinski definition) is 14. The van der Waals surface area contributed by atoms with Crippen LogP contribution in [0.2, 0.25) is 15.1 Å². The molecule has 20 rings (SSSR count). The van der Waals surface area contributed by atoms with Gasteiger partial charge in [-0.3, -0.25) is 0 Å². The predicted molar refractivity (Wildman–Crippen MR) is 450 cm³/mol. The Hall–Kier alpha value is -9.04. The SMILES string of the molecule is Cc1cc2c(c(O[C@H]3C[C@@H](n4cc(F)c5c(C)ccnc54)[C@H](O)[C@@H]3O)c1)CNCC2.Cc1ncc2c(Cl)cn([C@@H]3C[C@H](Oc4ccc(F)c5c4CNCC5)[C@@H](O)[C@H]3O)c2n1.Nc1ccnc2c1c(Br)cn2[C@@H]1C[C@H](Oc2cc(Cl)cc3c2CNCC3)[C@@H](O)[C@H]1O.Nc1ccnc2c1c(Cl)cn2[C@@H]1C[C@H](Oc2cc(F)c(F)c3c2CNCC3)[C@@H](O)[C@H]1O. The Balaban J connectivity index is 0.000000115. The molecule has 8 aliphatic rings. The van der Waals surface area contributed by atoms with Crippen LogP contribution in [0, 0.1) is 44.0 Å². The van der Waals surface area contributed by atoms with Crippen LogP contribution >= 0.6 is 50.7 Å². The molecule has 16 atom stereocenters. The molecule has 16 N–H and O–H groups in total. The van der Waals surface area contributed by atoms with Gasteiger partial charge < -0.3 is 111 Å². The average molecular weight is 1790 g/mol. The van der Waals surface area contributed by atoms with E-state index in [1.807, 2.05) is 36.7 Å². The number of halogens is 8. The van der Waals surface area contributed by atoms with Gasteiger partial charge in [-0.05, 0) is 165 Å². The van der Waals surface area contributed by atoms with Gasteiger partial charge in [-0.15, -0.1) is 0 Å². The van der Waals surface area contributed by atoms with E-state index in [0.717, 1.165) is 87.5 Å². The zero-order valence-electron chi connectivity index (χ0n) is 65.9. The second-order valence-corrected chi connectivity index (χ2v) is 34.4. The molecular weight excluding hydrogens is 1700 g/mol. The molecule has 0 bridgehead atoms. The van der Waals surface area contributed by atoms with Crippen LogP contribution in [-0.4, -0.2) is 183 Å². The highest BCUT2D eigenvalue weighted by Gasteiger charge is 2.50. The molecule has 4 aliphatic heterocycles. The second kappa shape index (κ2) is 34.6. The van der Waals surface area contributed by atoms with Crippen LogP contribution in [0.1, 0.15) is 111 Å². The van der Waals surface area contributed by atoms with E-state index in [9.17, 15) is 58.4 Å². The van der Waals surface area contributed by atoms with Crippen LogP contribution in [0.25, 0.3) is 44.1 Å². The van der Waals surface area contributed by atoms with Gasteiger partial charge in [0.05, 0.1) is 55.8 Å². The van der Waals surface area contributed by atoms with Gasteiger partial charge in [0.2, 0.25) is 0 Å². The summed E-state index contributed by atoms with van der Waals surface area (Å²) in [6.45, 7) is 11.0. The molecule has 0 saturated heterocycles. The van der Waals surface area contributed by atoms with Crippen LogP contribution in [0.15, 0.2) is 115 Å². The third-order valence-corrected chi connectivity index (χ3v) is 26.2. The van der Waals surface area contributed by atoms with E-state index in [1.54, 1.807) is 81.9 Å². The molecule has 638 valence electrons. The van der Waals surface area contributed by atoms with Crippen molar-refractivity contribution in [1.29, 1.82) is 0 Å². The topological polar surface area (TPSA) is 383 Å². The fraction of sp³-hybridized carbons (Fsp3) is 0.407. The third-order valence-electron chi connectivity index (χ3n) is 24.7. The lowest BCUT2D eigenvalue weighted by molar-refractivity contribution is -0.0167. The first kappa shape index (κ1) is 84.2. The monoisotopic (exact) mass is 1790 g/mol. The Kier molecular flexibility index (Phi) is 24.1. The van der Waals surface area contributed by atoms with Gasteiger partial charge in [-0.1, -0.05) is 40.9 Å². The zero-order chi connectivity index (χ0) is 84.8. The van der Waals surface area contributed by atoms with E-state index in [2.05, 4.69) is 68.2 Å². The maximum Gasteiger partial charge on any atom is 0.162 e. The maximum absolute atomic E-state index is 14.6. The standard InChI is InChI=1S/C23H26FN3O3.C21H22BrClN4O3.C21H21ClF2N4O3.C21H22ClFN4O3/c1-12-7-14-4-5-25-10-15(14)18(8-12)30-19-9-17(21(28)22(19)29)27-11-16(24)20-13(2)3-6-26-23(20)27;22-13-9-27(21-18(13)14(24)2-4-26-21)15-7-17(20(29)19(15)28)30-16-6-11(23)5-10-1-3-25-8-12(10)16;22-11-8-28(21-17(11)13(25)2-4-27-21)14-6-16(20(30)19(14)29)31-15-5-12(23)18(24)9-1-3-26-7-10(9)15;1-10-25-8-13-14(22)9-27(21(13)26-10)16-6-18(20(29)19(16)28)30-17-3-2-15(23)11-4-5-24-7-12(11)17/h3,6-8,11,17,19,21-22,25,28-29H,4-5,9-10H2,1-2H3;2,4-6,9,15,17,19-20,25,28-29H,1,3,7-8H2,(H2,24,26);2,4-5,8,14,16,19-20,26,29-30H,1,3,6-7H2,(H2,25,27);2-3,8-9,16,18-20,24,28-29H,4-7H2,1H3/t17-,19+,21+,22-;15-,17+,19+,20-;14-,16+,19+,20-;16-,18+,19+,20-/m1111/s1. The number of fused-ring (bicyclic) bond motifs is 8. The lowest BCUT2D eigenvalue weighted by Gasteiger charge is -2.25. The van der Waals surface area contributed by atoms with Gasteiger partial charge >= 0.3 is 0 Å².